The maximum atomic E-state index is 12.7. The minimum absolute atomic E-state index is 0.00192. The summed E-state index contributed by atoms with van der Waals surface area (Å²) in [5.41, 5.74) is 6.15. The van der Waals surface area contributed by atoms with Crippen LogP contribution >= 0.6 is 0 Å². The number of ether oxygens (including phenoxy) is 3. The zero-order chi connectivity index (χ0) is 33.3. The average Bonchev–Trinajstić information content (AvgIpc) is 3.69. The van der Waals surface area contributed by atoms with E-state index in [9.17, 15) is 19.7 Å². The number of furan rings is 1. The van der Waals surface area contributed by atoms with Gasteiger partial charge in [-0.05, 0) is 92.2 Å². The molecule has 5 rings (SSSR count). The molecule has 0 aliphatic rings. The molecule has 0 aliphatic carbocycles. The van der Waals surface area contributed by atoms with Gasteiger partial charge in [-0.15, -0.1) is 0 Å². The van der Waals surface area contributed by atoms with Crippen molar-refractivity contribution in [1.82, 2.24) is 9.99 Å². The van der Waals surface area contributed by atoms with Crippen LogP contribution in [0.5, 0.6) is 17.2 Å². The highest BCUT2D eigenvalue weighted by Crippen LogP contribution is 2.24. The first kappa shape index (κ1) is 32.0. The fourth-order valence-electron chi connectivity index (χ4n) is 4.58. The van der Waals surface area contributed by atoms with Gasteiger partial charge in [0, 0.05) is 40.8 Å². The van der Waals surface area contributed by atoms with E-state index in [1.165, 1.54) is 30.3 Å². The maximum Gasteiger partial charge on any atom is 0.336 e. The van der Waals surface area contributed by atoms with Gasteiger partial charge in [0.25, 0.3) is 5.69 Å². The number of nitro benzene ring substituents is 1. The molecule has 2 aromatic heterocycles. The van der Waals surface area contributed by atoms with Crippen LogP contribution in [-0.4, -0.2) is 34.7 Å². The third-order valence-electron chi connectivity index (χ3n) is 6.94. The van der Waals surface area contributed by atoms with Crippen molar-refractivity contribution in [2.24, 2.45) is 5.10 Å². The number of hydrogen-bond donors (Lipinski definition) is 1. The molecule has 3 aromatic carbocycles. The van der Waals surface area contributed by atoms with E-state index >= 15 is 0 Å². The number of non-ortho nitro benzene ring substituents is 1. The Hall–Kier alpha value is -6.43. The molecule has 1 N–H and O–H groups in total. The number of rotatable bonds is 12. The molecule has 238 valence electrons. The lowest BCUT2D eigenvalue weighted by molar-refractivity contribution is -0.384. The van der Waals surface area contributed by atoms with Gasteiger partial charge in [-0.1, -0.05) is 12.1 Å². The van der Waals surface area contributed by atoms with Crippen molar-refractivity contribution in [3.63, 3.8) is 0 Å². The number of benzene rings is 3. The molecule has 0 spiro atoms. The van der Waals surface area contributed by atoms with E-state index in [1.54, 1.807) is 43.5 Å². The molecule has 0 saturated carbocycles. The minimum atomic E-state index is -0.722. The second-order valence-corrected chi connectivity index (χ2v) is 10.2. The van der Waals surface area contributed by atoms with Crippen LogP contribution < -0.4 is 19.6 Å². The summed E-state index contributed by atoms with van der Waals surface area (Å²) in [6.45, 7) is 4.17. The first-order chi connectivity index (χ1) is 22.7. The van der Waals surface area contributed by atoms with Gasteiger partial charge in [-0.25, -0.2) is 10.2 Å². The first-order valence-electron chi connectivity index (χ1n) is 14.3. The summed E-state index contributed by atoms with van der Waals surface area (Å²) in [6.07, 6.45) is 3.89. The predicted octanol–water partition coefficient (Wildman–Crippen LogP) is 6.57. The Morgan fingerprint density at radius 2 is 1.64 bits per heavy atom. The summed E-state index contributed by atoms with van der Waals surface area (Å²) < 4.78 is 24.0. The summed E-state index contributed by atoms with van der Waals surface area (Å²) >= 11 is 0. The molecule has 0 saturated heterocycles. The number of carbonyl (C=O) groups excluding carboxylic acids is 2. The van der Waals surface area contributed by atoms with Crippen molar-refractivity contribution in [3.05, 3.63) is 141 Å². The van der Waals surface area contributed by atoms with Crippen molar-refractivity contribution < 1.29 is 33.1 Å². The number of hydrazone groups is 1. The molecule has 12 heteroatoms. The quantitative estimate of drug-likeness (QED) is 0.0405. The number of amides is 1. The lowest BCUT2D eigenvalue weighted by Crippen LogP contribution is -2.17. The number of carbonyl (C=O) groups is 2. The molecular formula is C35H30N4O8. The summed E-state index contributed by atoms with van der Waals surface area (Å²) in [5.74, 6) is 0.306. The van der Waals surface area contributed by atoms with Crippen LogP contribution in [0.1, 0.15) is 38.8 Å². The van der Waals surface area contributed by atoms with Crippen LogP contribution in [0, 0.1) is 24.0 Å². The van der Waals surface area contributed by atoms with Crippen molar-refractivity contribution in [3.8, 4) is 22.9 Å². The number of nitrogens with one attached hydrogen (secondary N) is 1. The van der Waals surface area contributed by atoms with Crippen LogP contribution in [0.2, 0.25) is 0 Å². The fraction of sp³-hybridized carbons (Fsp3) is 0.114. The molecule has 2 heterocycles. The molecule has 47 heavy (non-hydrogen) atoms. The van der Waals surface area contributed by atoms with Crippen LogP contribution in [0.15, 0.2) is 107 Å². The zero-order valence-electron chi connectivity index (χ0n) is 25.7. The van der Waals surface area contributed by atoms with Crippen molar-refractivity contribution in [2.45, 2.75) is 20.5 Å². The Kier molecular flexibility index (Phi) is 9.91. The van der Waals surface area contributed by atoms with Crippen LogP contribution in [0.3, 0.4) is 0 Å². The molecule has 12 nitrogen and oxygen atoms in total. The van der Waals surface area contributed by atoms with Gasteiger partial charge < -0.3 is 23.2 Å². The summed E-state index contributed by atoms with van der Waals surface area (Å²) in [4.78, 5) is 35.9. The van der Waals surface area contributed by atoms with E-state index in [1.807, 2.05) is 38.1 Å². The second-order valence-electron chi connectivity index (χ2n) is 10.2. The smallest absolute Gasteiger partial charge is 0.336 e. The Morgan fingerprint density at radius 1 is 0.936 bits per heavy atom. The van der Waals surface area contributed by atoms with E-state index in [2.05, 4.69) is 27.2 Å². The number of hydrogen-bond acceptors (Lipinski definition) is 9. The molecule has 1 amide bonds. The normalized spacial score (nSPS) is 11.1. The Labute approximate surface area is 269 Å². The average molecular weight is 635 g/mol. The summed E-state index contributed by atoms with van der Waals surface area (Å²) in [5, 5.41) is 15.2. The van der Waals surface area contributed by atoms with Crippen molar-refractivity contribution in [2.75, 3.05) is 7.11 Å². The molecule has 0 fully saturated rings. The number of methoxy groups -OCH3 is 1. The SMILES string of the molecule is COc1ccc(/C=C/C(=O)Oc2ccc([N+](=O)[O-])cc2/C=N/NC(=O)c2ccc(COc3ccc(-n4c(C)ccc4C)cc3)o2)cc1. The second kappa shape index (κ2) is 14.6. The number of aromatic nitrogens is 1. The van der Waals surface area contributed by atoms with E-state index in [4.69, 9.17) is 18.6 Å². The number of nitrogens with zero attached hydrogens (tertiary/aromatic N) is 3. The summed E-state index contributed by atoms with van der Waals surface area (Å²) in [6, 6.07) is 25.5. The molecule has 0 bridgehead atoms. The highest BCUT2D eigenvalue weighted by atomic mass is 16.6. The third-order valence-corrected chi connectivity index (χ3v) is 6.94. The number of esters is 1. The standard InChI is InChI=1S/C35H30N4O8/c1-23-4-5-24(2)38(23)27-9-14-30(15-10-27)45-22-31-16-18-33(46-31)35(41)37-36-21-26-20-28(39(42)43)11-17-32(26)47-34(40)19-8-25-6-12-29(44-3)13-7-25/h4-21H,22H2,1-3H3,(H,37,41)/b19-8+,36-21+. The Morgan fingerprint density at radius 3 is 2.32 bits per heavy atom. The Bertz CT molecular complexity index is 1930. The van der Waals surface area contributed by atoms with Crippen LogP contribution in [0.4, 0.5) is 5.69 Å². The maximum absolute atomic E-state index is 12.7. The monoisotopic (exact) mass is 634 g/mol. The van der Waals surface area contributed by atoms with E-state index in [-0.39, 0.29) is 29.4 Å². The number of aryl methyl sites for hydroxylation is 2. The zero-order valence-corrected chi connectivity index (χ0v) is 25.7. The van der Waals surface area contributed by atoms with Gasteiger partial charge in [0.1, 0.15) is 29.6 Å². The van der Waals surface area contributed by atoms with Crippen LogP contribution in [-0.2, 0) is 11.4 Å². The van der Waals surface area contributed by atoms with Gasteiger partial charge in [0.2, 0.25) is 0 Å². The van der Waals surface area contributed by atoms with Crippen LogP contribution in [0.25, 0.3) is 11.8 Å². The first-order valence-corrected chi connectivity index (χ1v) is 14.3. The highest BCUT2D eigenvalue weighted by molar-refractivity contribution is 5.94. The van der Waals surface area contributed by atoms with E-state index in [0.29, 0.717) is 17.3 Å². The Balaban J connectivity index is 1.18. The minimum Gasteiger partial charge on any atom is -0.497 e. The molecule has 0 unspecified atom stereocenters. The molecule has 0 radical (unpaired) electrons. The van der Waals surface area contributed by atoms with Crippen molar-refractivity contribution >= 4 is 29.9 Å². The van der Waals surface area contributed by atoms with Gasteiger partial charge in [-0.2, -0.15) is 5.10 Å². The highest BCUT2D eigenvalue weighted by Gasteiger charge is 2.15. The number of nitro groups is 1. The van der Waals surface area contributed by atoms with E-state index in [0.717, 1.165) is 28.9 Å². The molecule has 0 aliphatic heterocycles. The lowest BCUT2D eigenvalue weighted by atomic mass is 10.2. The van der Waals surface area contributed by atoms with Gasteiger partial charge >= 0.3 is 11.9 Å². The predicted molar refractivity (Wildman–Crippen MR) is 174 cm³/mol. The summed E-state index contributed by atoms with van der Waals surface area (Å²) in [7, 11) is 1.55. The molecule has 0 atom stereocenters. The van der Waals surface area contributed by atoms with Gasteiger partial charge in [0.15, 0.2) is 5.76 Å². The van der Waals surface area contributed by atoms with E-state index < -0.39 is 16.8 Å². The fourth-order valence-corrected chi connectivity index (χ4v) is 4.58. The van der Waals surface area contributed by atoms with Gasteiger partial charge in [-0.3, -0.25) is 14.9 Å². The topological polar surface area (TPSA) is 147 Å². The lowest BCUT2D eigenvalue weighted by Gasteiger charge is -2.10. The third kappa shape index (κ3) is 8.19. The molecule has 5 aromatic rings. The largest absolute Gasteiger partial charge is 0.497 e. The molecular weight excluding hydrogens is 604 g/mol. The van der Waals surface area contributed by atoms with Gasteiger partial charge in [0.05, 0.1) is 18.2 Å². The van der Waals surface area contributed by atoms with Crippen molar-refractivity contribution in [1.29, 1.82) is 0 Å².